The summed E-state index contributed by atoms with van der Waals surface area (Å²) >= 11 is 6.82. The van der Waals surface area contributed by atoms with Gasteiger partial charge in [0.15, 0.2) is 0 Å². The van der Waals surface area contributed by atoms with E-state index in [0.717, 1.165) is 39.3 Å². The zero-order valence-electron chi connectivity index (χ0n) is 25.0. The molecule has 0 spiro atoms. The van der Waals surface area contributed by atoms with E-state index in [-0.39, 0.29) is 18.4 Å². The minimum atomic E-state index is -0.234. The number of amides is 2. The van der Waals surface area contributed by atoms with Crippen LogP contribution in [0.2, 0.25) is 5.02 Å². The Labute approximate surface area is 262 Å². The maximum Gasteiger partial charge on any atom is 0.270 e. The minimum Gasteiger partial charge on any atom is -0.496 e. The van der Waals surface area contributed by atoms with Crippen molar-refractivity contribution in [3.05, 3.63) is 136 Å². The molecule has 0 bridgehead atoms. The highest BCUT2D eigenvalue weighted by atomic mass is 35.5. The molecule has 3 aromatic carbocycles. The van der Waals surface area contributed by atoms with Gasteiger partial charge in [-0.2, -0.15) is 0 Å². The van der Waals surface area contributed by atoms with E-state index in [4.69, 9.17) is 16.3 Å². The summed E-state index contributed by atoms with van der Waals surface area (Å²) < 4.78 is 7.76. The lowest BCUT2D eigenvalue weighted by molar-refractivity contribution is 0.0785. The third kappa shape index (κ3) is 5.58. The number of carbonyl (C=O) groups excluding carboxylic acids is 2. The highest BCUT2D eigenvalue weighted by molar-refractivity contribution is 6.34. The summed E-state index contributed by atoms with van der Waals surface area (Å²) in [4.78, 5) is 35.8. The van der Waals surface area contributed by atoms with Crippen LogP contribution in [0.1, 0.15) is 43.4 Å². The van der Waals surface area contributed by atoms with Crippen molar-refractivity contribution in [3.8, 4) is 16.9 Å². The summed E-state index contributed by atoms with van der Waals surface area (Å²) in [5.74, 6) is 0.132. The second kappa shape index (κ2) is 12.4. The van der Waals surface area contributed by atoms with Gasteiger partial charge in [-0.25, -0.2) is 0 Å². The van der Waals surface area contributed by atoms with Crippen LogP contribution >= 0.6 is 11.6 Å². The highest BCUT2D eigenvalue weighted by Crippen LogP contribution is 2.38. The van der Waals surface area contributed by atoms with E-state index >= 15 is 0 Å². The molecule has 8 heteroatoms. The SMILES string of the molecule is COc1cc(-c2ccccc2C)c(Cl)cc1C(=O)N1Cc2ccc(C(=O)N(C)CCc3ccccn3)n2Cc2ccccc21. The smallest absolute Gasteiger partial charge is 0.270 e. The van der Waals surface area contributed by atoms with Crippen molar-refractivity contribution in [2.75, 3.05) is 25.6 Å². The minimum absolute atomic E-state index is 0.0790. The number of hydrogen-bond donors (Lipinski definition) is 0. The molecule has 1 aliphatic heterocycles. The van der Waals surface area contributed by atoms with Crippen molar-refractivity contribution in [1.29, 1.82) is 0 Å². The molecule has 222 valence electrons. The van der Waals surface area contributed by atoms with Crippen molar-refractivity contribution >= 4 is 29.1 Å². The third-order valence-electron chi connectivity index (χ3n) is 8.20. The lowest BCUT2D eigenvalue weighted by Crippen LogP contribution is -2.32. The molecule has 0 atom stereocenters. The van der Waals surface area contributed by atoms with E-state index in [1.165, 1.54) is 0 Å². The van der Waals surface area contributed by atoms with Crippen molar-refractivity contribution in [2.24, 2.45) is 0 Å². The van der Waals surface area contributed by atoms with Crippen LogP contribution in [0.25, 0.3) is 11.1 Å². The molecular weight excluding hydrogens is 572 g/mol. The number of para-hydroxylation sites is 1. The summed E-state index contributed by atoms with van der Waals surface area (Å²) in [5, 5.41) is 0.469. The number of carbonyl (C=O) groups is 2. The Balaban J connectivity index is 1.33. The molecule has 0 fully saturated rings. The predicted octanol–water partition coefficient (Wildman–Crippen LogP) is 7.04. The van der Waals surface area contributed by atoms with Crippen molar-refractivity contribution in [2.45, 2.75) is 26.4 Å². The van der Waals surface area contributed by atoms with Gasteiger partial charge in [-0.05, 0) is 66.1 Å². The van der Waals surface area contributed by atoms with Crippen LogP contribution in [-0.2, 0) is 19.5 Å². The largest absolute Gasteiger partial charge is 0.496 e. The molecule has 0 aliphatic carbocycles. The third-order valence-corrected chi connectivity index (χ3v) is 8.51. The van der Waals surface area contributed by atoms with Crippen molar-refractivity contribution < 1.29 is 14.3 Å². The average Bonchev–Trinajstić information content (AvgIpc) is 3.36. The maximum atomic E-state index is 14.3. The summed E-state index contributed by atoms with van der Waals surface area (Å²) in [6.07, 6.45) is 2.42. The van der Waals surface area contributed by atoms with Crippen LogP contribution in [0.3, 0.4) is 0 Å². The number of likely N-dealkylation sites (N-methyl/N-ethyl adjacent to an activating group) is 1. The molecule has 0 saturated heterocycles. The normalized spacial score (nSPS) is 12.2. The number of pyridine rings is 1. The van der Waals surface area contributed by atoms with Crippen LogP contribution in [0.15, 0.2) is 97.2 Å². The Morgan fingerprint density at radius 3 is 2.48 bits per heavy atom. The first kappa shape index (κ1) is 29.2. The number of aromatic nitrogens is 2. The van der Waals surface area contributed by atoms with E-state index in [2.05, 4.69) is 4.98 Å². The monoisotopic (exact) mass is 604 g/mol. The first-order chi connectivity index (χ1) is 21.4. The Hall–Kier alpha value is -4.88. The number of aryl methyl sites for hydroxylation is 1. The van der Waals surface area contributed by atoms with Crippen LogP contribution in [0, 0.1) is 6.92 Å². The molecule has 0 saturated carbocycles. The van der Waals surface area contributed by atoms with E-state index in [1.54, 1.807) is 29.2 Å². The van der Waals surface area contributed by atoms with Gasteiger partial charge in [0, 0.05) is 53.9 Å². The molecule has 0 radical (unpaired) electrons. The molecule has 2 amide bonds. The number of hydrogen-bond acceptors (Lipinski definition) is 4. The summed E-state index contributed by atoms with van der Waals surface area (Å²) in [6, 6.07) is 28.9. The second-order valence-electron chi connectivity index (χ2n) is 11.0. The molecule has 3 heterocycles. The Morgan fingerprint density at radius 1 is 0.932 bits per heavy atom. The van der Waals surface area contributed by atoms with Crippen LogP contribution in [0.4, 0.5) is 5.69 Å². The molecule has 7 nitrogen and oxygen atoms in total. The number of rotatable bonds is 7. The Kier molecular flexibility index (Phi) is 8.22. The molecule has 1 aliphatic rings. The van der Waals surface area contributed by atoms with E-state index in [0.29, 0.717) is 41.5 Å². The van der Waals surface area contributed by atoms with Crippen LogP contribution in [-0.4, -0.2) is 47.0 Å². The summed E-state index contributed by atoms with van der Waals surface area (Å²) in [5.41, 5.74) is 7.32. The van der Waals surface area contributed by atoms with Gasteiger partial charge in [0.1, 0.15) is 11.4 Å². The number of benzene rings is 3. The average molecular weight is 605 g/mol. The van der Waals surface area contributed by atoms with Crippen LogP contribution in [0.5, 0.6) is 5.75 Å². The Bertz CT molecular complexity index is 1850. The van der Waals surface area contributed by atoms with Gasteiger partial charge < -0.3 is 19.1 Å². The standard InChI is InChI=1S/C36H33ClN4O3/c1-24-10-4-6-13-28(24)29-21-34(44-3)30(20-31(29)37)35(42)41-23-27-15-16-33(40(27)22-25-11-5-7-14-32(25)41)36(43)39(2)19-17-26-12-8-9-18-38-26/h4-16,18,20-21H,17,19,22-23H2,1-3H3. The van der Waals surface area contributed by atoms with Gasteiger partial charge in [0.25, 0.3) is 11.8 Å². The number of anilines is 1. The lowest BCUT2D eigenvalue weighted by Gasteiger charge is -2.24. The van der Waals surface area contributed by atoms with Gasteiger partial charge in [-0.1, -0.05) is 60.1 Å². The van der Waals surface area contributed by atoms with Gasteiger partial charge in [0.2, 0.25) is 0 Å². The number of nitrogens with zero attached hydrogens (tertiary/aromatic N) is 4. The molecular formula is C36H33ClN4O3. The number of fused-ring (bicyclic) bond motifs is 2. The molecule has 0 unspecified atom stereocenters. The highest BCUT2D eigenvalue weighted by Gasteiger charge is 2.30. The van der Waals surface area contributed by atoms with Gasteiger partial charge in [0.05, 0.1) is 25.8 Å². The second-order valence-corrected chi connectivity index (χ2v) is 11.4. The molecule has 5 aromatic rings. The fourth-order valence-electron chi connectivity index (χ4n) is 5.77. The zero-order valence-corrected chi connectivity index (χ0v) is 25.7. The molecule has 44 heavy (non-hydrogen) atoms. The summed E-state index contributed by atoms with van der Waals surface area (Å²) in [7, 11) is 3.37. The predicted molar refractivity (Wildman–Crippen MR) is 174 cm³/mol. The van der Waals surface area contributed by atoms with Gasteiger partial charge in [-0.3, -0.25) is 14.6 Å². The van der Waals surface area contributed by atoms with Gasteiger partial charge in [-0.15, -0.1) is 0 Å². The first-order valence-corrected chi connectivity index (χ1v) is 14.9. The number of methoxy groups -OCH3 is 1. The summed E-state index contributed by atoms with van der Waals surface area (Å²) in [6.45, 7) is 3.30. The van der Waals surface area contributed by atoms with E-state index in [9.17, 15) is 9.59 Å². The first-order valence-electron chi connectivity index (χ1n) is 14.5. The fraction of sp³-hybridized carbons (Fsp3) is 0.194. The van der Waals surface area contributed by atoms with Crippen LogP contribution < -0.4 is 9.64 Å². The van der Waals surface area contributed by atoms with Crippen molar-refractivity contribution in [3.63, 3.8) is 0 Å². The lowest BCUT2D eigenvalue weighted by atomic mass is 9.98. The molecule has 6 rings (SSSR count). The van der Waals surface area contributed by atoms with Gasteiger partial charge >= 0.3 is 0 Å². The zero-order chi connectivity index (χ0) is 30.8. The Morgan fingerprint density at radius 2 is 1.70 bits per heavy atom. The van der Waals surface area contributed by atoms with E-state index in [1.807, 2.05) is 103 Å². The number of halogens is 1. The molecule has 2 aromatic heterocycles. The topological polar surface area (TPSA) is 67.7 Å². The van der Waals surface area contributed by atoms with E-state index < -0.39 is 0 Å². The quantitative estimate of drug-likeness (QED) is 0.200. The maximum absolute atomic E-state index is 14.3. The number of ether oxygens (including phenoxy) is 1. The fourth-order valence-corrected chi connectivity index (χ4v) is 6.03. The molecule has 0 N–H and O–H groups in total. The van der Waals surface area contributed by atoms with Crippen molar-refractivity contribution in [1.82, 2.24) is 14.5 Å².